The van der Waals surface area contributed by atoms with Gasteiger partial charge in [-0.25, -0.2) is 4.39 Å². The van der Waals surface area contributed by atoms with Gasteiger partial charge in [-0.3, -0.25) is 9.78 Å². The Morgan fingerprint density at radius 3 is 2.84 bits per heavy atom. The Balaban J connectivity index is 2.56. The van der Waals surface area contributed by atoms with Crippen molar-refractivity contribution in [3.63, 3.8) is 0 Å². The lowest BCUT2D eigenvalue weighted by Crippen LogP contribution is -2.19. The van der Waals surface area contributed by atoms with E-state index in [0.717, 1.165) is 9.86 Å². The fourth-order valence-electron chi connectivity index (χ4n) is 1.70. The van der Waals surface area contributed by atoms with Crippen LogP contribution in [0.4, 0.5) is 4.39 Å². The lowest BCUT2D eigenvalue weighted by molar-refractivity contribution is -0.116. The molecule has 0 spiro atoms. The molecule has 1 unspecified atom stereocenters. The van der Waals surface area contributed by atoms with E-state index in [-0.39, 0.29) is 5.75 Å². The Morgan fingerprint density at radius 2 is 2.21 bits per heavy atom. The van der Waals surface area contributed by atoms with Crippen molar-refractivity contribution in [1.82, 2.24) is 4.98 Å². The third-order valence-electron chi connectivity index (χ3n) is 2.72. The molecule has 1 aromatic heterocycles. The topological polar surface area (TPSA) is 39.2 Å². The standard InChI is InChI=1S/C13H11BrFNO2S/c1-6-11(15)10(18-7(2)13(17)19)4-8-3-9(14)5-16-12(6)8/h3-5,7H,1-2H3,(H,17,19). The summed E-state index contributed by atoms with van der Waals surface area (Å²) in [6, 6.07) is 3.34. The largest absolute Gasteiger partial charge is 0.479 e. The van der Waals surface area contributed by atoms with Crippen molar-refractivity contribution in [1.29, 1.82) is 0 Å². The molecule has 0 N–H and O–H groups in total. The van der Waals surface area contributed by atoms with E-state index in [9.17, 15) is 9.18 Å². The SMILES string of the molecule is Cc1c(F)c(OC(C)C(=O)S)cc2cc(Br)cnc12. The second-order valence-corrected chi connectivity index (χ2v) is 5.49. The first kappa shape index (κ1) is 14.3. The minimum absolute atomic E-state index is 0.0276. The molecule has 0 amide bonds. The highest BCUT2D eigenvalue weighted by atomic mass is 79.9. The van der Waals surface area contributed by atoms with E-state index >= 15 is 0 Å². The van der Waals surface area contributed by atoms with Gasteiger partial charge in [0.05, 0.1) is 5.52 Å². The summed E-state index contributed by atoms with van der Waals surface area (Å²) in [5.74, 6) is -0.483. The van der Waals surface area contributed by atoms with Crippen LogP contribution in [-0.4, -0.2) is 16.2 Å². The number of thiol groups is 1. The van der Waals surface area contributed by atoms with Gasteiger partial charge >= 0.3 is 0 Å². The van der Waals surface area contributed by atoms with Gasteiger partial charge in [-0.15, -0.1) is 12.6 Å². The van der Waals surface area contributed by atoms with E-state index in [1.54, 1.807) is 13.1 Å². The number of nitrogens with zero attached hydrogens (tertiary/aromatic N) is 1. The molecule has 0 aliphatic heterocycles. The van der Waals surface area contributed by atoms with Gasteiger partial charge in [-0.1, -0.05) is 0 Å². The first-order valence-corrected chi connectivity index (χ1v) is 6.78. The number of fused-ring (bicyclic) bond motifs is 1. The molecule has 2 rings (SSSR count). The van der Waals surface area contributed by atoms with Gasteiger partial charge in [0.15, 0.2) is 17.7 Å². The molecule has 0 bridgehead atoms. The zero-order valence-corrected chi connectivity index (χ0v) is 12.8. The minimum atomic E-state index is -0.810. The maximum atomic E-state index is 14.1. The quantitative estimate of drug-likeness (QED) is 0.864. The van der Waals surface area contributed by atoms with E-state index in [1.807, 2.05) is 6.07 Å². The molecular formula is C13H11BrFNO2S. The third kappa shape index (κ3) is 2.90. The van der Waals surface area contributed by atoms with Gasteiger partial charge in [-0.05, 0) is 41.9 Å². The molecular weight excluding hydrogens is 333 g/mol. The first-order chi connectivity index (χ1) is 8.90. The van der Waals surface area contributed by atoms with E-state index in [4.69, 9.17) is 4.74 Å². The highest BCUT2D eigenvalue weighted by Gasteiger charge is 2.17. The molecule has 100 valence electrons. The maximum Gasteiger partial charge on any atom is 0.226 e. The second kappa shape index (κ2) is 5.46. The van der Waals surface area contributed by atoms with Crippen molar-refractivity contribution in [2.45, 2.75) is 20.0 Å². The van der Waals surface area contributed by atoms with Crippen LogP contribution in [0.25, 0.3) is 10.9 Å². The summed E-state index contributed by atoms with van der Waals surface area (Å²) in [6.07, 6.45) is 0.796. The molecule has 0 aliphatic rings. The van der Waals surface area contributed by atoms with Crippen LogP contribution in [0.5, 0.6) is 5.75 Å². The highest BCUT2D eigenvalue weighted by Crippen LogP contribution is 2.30. The van der Waals surface area contributed by atoms with Crippen molar-refractivity contribution in [2.75, 3.05) is 0 Å². The van der Waals surface area contributed by atoms with Crippen LogP contribution in [0.1, 0.15) is 12.5 Å². The average Bonchev–Trinajstić information content (AvgIpc) is 2.35. The number of benzene rings is 1. The van der Waals surface area contributed by atoms with Crippen LogP contribution >= 0.6 is 28.6 Å². The van der Waals surface area contributed by atoms with E-state index in [1.165, 1.54) is 13.0 Å². The number of hydrogen-bond donors (Lipinski definition) is 1. The molecule has 3 nitrogen and oxygen atoms in total. The fraction of sp³-hybridized carbons (Fsp3) is 0.231. The molecule has 0 saturated heterocycles. The van der Waals surface area contributed by atoms with E-state index in [0.29, 0.717) is 11.1 Å². The molecule has 1 heterocycles. The molecule has 1 aromatic carbocycles. The lowest BCUT2D eigenvalue weighted by Gasteiger charge is -2.14. The summed E-state index contributed by atoms with van der Waals surface area (Å²) in [4.78, 5) is 15.2. The second-order valence-electron chi connectivity index (χ2n) is 4.14. The van der Waals surface area contributed by atoms with Crippen molar-refractivity contribution in [3.8, 4) is 5.75 Å². The number of aryl methyl sites for hydroxylation is 1. The van der Waals surface area contributed by atoms with Crippen molar-refractivity contribution >= 4 is 44.6 Å². The lowest BCUT2D eigenvalue weighted by atomic mass is 10.1. The summed E-state index contributed by atoms with van der Waals surface area (Å²) < 4.78 is 20.2. The smallest absolute Gasteiger partial charge is 0.226 e. The number of carbonyl (C=O) groups is 1. The Hall–Kier alpha value is -1.14. The van der Waals surface area contributed by atoms with Crippen LogP contribution in [0, 0.1) is 12.7 Å². The van der Waals surface area contributed by atoms with Gasteiger partial charge in [0.25, 0.3) is 0 Å². The molecule has 1 atom stereocenters. The van der Waals surface area contributed by atoms with Crippen molar-refractivity contribution in [3.05, 3.63) is 34.2 Å². The molecule has 2 aromatic rings. The van der Waals surface area contributed by atoms with Gasteiger partial charge < -0.3 is 4.74 Å². The van der Waals surface area contributed by atoms with Crippen LogP contribution in [0.3, 0.4) is 0 Å². The summed E-state index contributed by atoms with van der Waals surface area (Å²) in [6.45, 7) is 3.14. The van der Waals surface area contributed by atoms with Gasteiger partial charge in [0.1, 0.15) is 0 Å². The number of aromatic nitrogens is 1. The van der Waals surface area contributed by atoms with Crippen LogP contribution in [0.2, 0.25) is 0 Å². The molecule has 0 saturated carbocycles. The number of halogens is 2. The summed E-state index contributed by atoms with van der Waals surface area (Å²) in [5, 5.41) is 0.284. The van der Waals surface area contributed by atoms with Crippen molar-refractivity contribution < 1.29 is 13.9 Å². The van der Waals surface area contributed by atoms with Crippen molar-refractivity contribution in [2.24, 2.45) is 0 Å². The van der Waals surface area contributed by atoms with E-state index < -0.39 is 17.0 Å². The van der Waals surface area contributed by atoms with E-state index in [2.05, 4.69) is 33.5 Å². The molecule has 0 fully saturated rings. The first-order valence-electron chi connectivity index (χ1n) is 5.54. The van der Waals surface area contributed by atoms with Gasteiger partial charge in [-0.2, -0.15) is 0 Å². The Kier molecular flexibility index (Phi) is 4.10. The third-order valence-corrected chi connectivity index (χ3v) is 3.52. The van der Waals surface area contributed by atoms with Gasteiger partial charge in [0.2, 0.25) is 5.12 Å². The van der Waals surface area contributed by atoms with Crippen LogP contribution in [0.15, 0.2) is 22.8 Å². The average molecular weight is 344 g/mol. The zero-order valence-electron chi connectivity index (χ0n) is 10.3. The number of rotatable bonds is 3. The van der Waals surface area contributed by atoms with Gasteiger partial charge in [0, 0.05) is 21.6 Å². The molecule has 6 heteroatoms. The Labute approximate surface area is 123 Å². The number of carbonyl (C=O) groups excluding carboxylic acids is 1. The Bertz CT molecular complexity index is 663. The molecule has 19 heavy (non-hydrogen) atoms. The molecule has 0 radical (unpaired) electrons. The zero-order chi connectivity index (χ0) is 14.2. The fourth-order valence-corrected chi connectivity index (χ4v) is 2.10. The summed E-state index contributed by atoms with van der Waals surface area (Å²) in [5.41, 5.74) is 0.955. The maximum absolute atomic E-state index is 14.1. The number of pyridine rings is 1. The summed E-state index contributed by atoms with van der Waals surface area (Å²) >= 11 is 6.98. The number of ether oxygens (including phenoxy) is 1. The Morgan fingerprint density at radius 1 is 1.53 bits per heavy atom. The van der Waals surface area contributed by atoms with Crippen LogP contribution < -0.4 is 4.74 Å². The normalized spacial score (nSPS) is 12.5. The monoisotopic (exact) mass is 343 g/mol. The number of hydrogen-bond acceptors (Lipinski definition) is 3. The summed E-state index contributed by atoms with van der Waals surface area (Å²) in [7, 11) is 0. The minimum Gasteiger partial charge on any atom is -0.479 e. The highest BCUT2D eigenvalue weighted by molar-refractivity contribution is 9.10. The predicted octanol–water partition coefficient (Wildman–Crippen LogP) is 3.67. The molecule has 0 aliphatic carbocycles. The predicted molar refractivity (Wildman–Crippen MR) is 78.2 cm³/mol. The van der Waals surface area contributed by atoms with Crippen LogP contribution in [-0.2, 0) is 4.79 Å².